The summed E-state index contributed by atoms with van der Waals surface area (Å²) >= 11 is 6.23. The van der Waals surface area contributed by atoms with Crippen molar-refractivity contribution in [3.8, 4) is 5.75 Å². The van der Waals surface area contributed by atoms with Gasteiger partial charge in [0.1, 0.15) is 17.6 Å². The van der Waals surface area contributed by atoms with Gasteiger partial charge in [0.25, 0.3) is 0 Å². The molecular weight excluding hydrogens is 498 g/mol. The Morgan fingerprint density at radius 1 is 1.13 bits per heavy atom. The molecule has 5 rings (SSSR count). The average Bonchev–Trinajstić information content (AvgIpc) is 2.86. The number of aliphatic hydroxyl groups excluding tert-OH is 1. The predicted octanol–water partition coefficient (Wildman–Crippen LogP) is 6.94. The van der Waals surface area contributed by atoms with Crippen LogP contribution in [-0.4, -0.2) is 47.2 Å². The van der Waals surface area contributed by atoms with E-state index >= 15 is 0 Å². The molecular formula is C32H44ClNO4. The molecule has 0 aromatic heterocycles. The maximum absolute atomic E-state index is 10.3. The number of aliphatic hydroxyl groups is 1. The van der Waals surface area contributed by atoms with Gasteiger partial charge in [-0.2, -0.15) is 0 Å². The quantitative estimate of drug-likeness (QED) is 0.392. The maximum atomic E-state index is 10.3. The van der Waals surface area contributed by atoms with Crippen molar-refractivity contribution in [3.05, 3.63) is 64.2 Å². The van der Waals surface area contributed by atoms with Crippen LogP contribution >= 0.6 is 11.6 Å². The first-order valence-corrected chi connectivity index (χ1v) is 14.8. The minimum atomic E-state index is -0.492. The molecule has 3 aliphatic heterocycles. The first-order chi connectivity index (χ1) is 18.2. The molecule has 2 saturated heterocycles. The highest BCUT2D eigenvalue weighted by Crippen LogP contribution is 2.52. The first kappa shape index (κ1) is 27.9. The van der Waals surface area contributed by atoms with Gasteiger partial charge in [-0.25, -0.2) is 0 Å². The minimum Gasteiger partial charge on any atom is -0.487 e. The van der Waals surface area contributed by atoms with E-state index in [1.54, 1.807) is 0 Å². The van der Waals surface area contributed by atoms with Crippen molar-refractivity contribution in [2.45, 2.75) is 103 Å². The molecule has 0 spiro atoms. The summed E-state index contributed by atoms with van der Waals surface area (Å²) in [6, 6.07) is 14.5. The summed E-state index contributed by atoms with van der Waals surface area (Å²) in [6.45, 7) is 10.7. The predicted molar refractivity (Wildman–Crippen MR) is 151 cm³/mol. The maximum Gasteiger partial charge on any atom is 0.125 e. The lowest BCUT2D eigenvalue weighted by Crippen LogP contribution is -2.50. The van der Waals surface area contributed by atoms with Crippen LogP contribution in [0.4, 0.5) is 0 Å². The van der Waals surface area contributed by atoms with E-state index < -0.39 is 6.10 Å². The summed E-state index contributed by atoms with van der Waals surface area (Å²) in [5, 5.41) is 11.0. The molecule has 208 valence electrons. The Morgan fingerprint density at radius 2 is 1.97 bits per heavy atom. The molecule has 2 aromatic rings. The summed E-state index contributed by atoms with van der Waals surface area (Å²) in [5.41, 5.74) is 3.29. The van der Waals surface area contributed by atoms with Crippen molar-refractivity contribution in [2.75, 3.05) is 13.2 Å². The van der Waals surface area contributed by atoms with Gasteiger partial charge < -0.3 is 19.3 Å². The van der Waals surface area contributed by atoms with E-state index in [-0.39, 0.29) is 24.0 Å². The molecule has 0 aliphatic carbocycles. The van der Waals surface area contributed by atoms with E-state index in [2.05, 4.69) is 56.9 Å². The number of halogens is 1. The SMILES string of the molecule is CC(C)CCC[C@]1(C)Oc2ccc(C[C@H]3OC[C@@H](O)CN3Cc3cccc(Cl)c3)cc2[C@@H]2O[C@H](C)CC[C@H]21. The molecule has 0 saturated carbocycles. The number of β-amino-alcohol motifs (C(OH)–C–C–N with tert-alkyl or cyclic N) is 1. The van der Waals surface area contributed by atoms with Crippen molar-refractivity contribution in [3.63, 3.8) is 0 Å². The zero-order valence-corrected chi connectivity index (χ0v) is 24.1. The standard InChI is InChI=1S/C32H44ClNO4/c1-21(2)7-6-14-32(4)28-12-10-22(3)37-31(28)27-16-23(11-13-29(27)38-32)17-30-34(19-26(35)20-36-30)18-24-8-5-9-25(33)15-24/h5,8-9,11,13,15-16,21-22,26,28,30-31,35H,6-7,10,12,14,17-20H2,1-4H3/t22-,26+,28-,30-,31+,32+/m1/s1. The van der Waals surface area contributed by atoms with Crippen LogP contribution in [-0.2, 0) is 22.4 Å². The summed E-state index contributed by atoms with van der Waals surface area (Å²) in [5.74, 6) is 2.03. The van der Waals surface area contributed by atoms with Gasteiger partial charge in [0.05, 0.1) is 24.9 Å². The second kappa shape index (κ2) is 11.9. The number of ether oxygens (including phenoxy) is 3. The Kier molecular flexibility index (Phi) is 8.71. The van der Waals surface area contributed by atoms with Crippen LogP contribution in [0, 0.1) is 11.8 Å². The Morgan fingerprint density at radius 3 is 2.76 bits per heavy atom. The van der Waals surface area contributed by atoms with Gasteiger partial charge in [-0.3, -0.25) is 4.90 Å². The van der Waals surface area contributed by atoms with E-state index in [0.29, 0.717) is 31.5 Å². The van der Waals surface area contributed by atoms with Crippen LogP contribution in [0.25, 0.3) is 0 Å². The molecule has 5 nitrogen and oxygen atoms in total. The van der Waals surface area contributed by atoms with E-state index in [1.165, 1.54) is 24.0 Å². The summed E-state index contributed by atoms with van der Waals surface area (Å²) in [7, 11) is 0. The zero-order valence-electron chi connectivity index (χ0n) is 23.4. The first-order valence-electron chi connectivity index (χ1n) is 14.5. The van der Waals surface area contributed by atoms with Crippen molar-refractivity contribution in [1.82, 2.24) is 4.90 Å². The number of rotatable bonds is 8. The van der Waals surface area contributed by atoms with Gasteiger partial charge in [0.2, 0.25) is 0 Å². The fraction of sp³-hybridized carbons (Fsp3) is 0.625. The van der Waals surface area contributed by atoms with Gasteiger partial charge in [-0.15, -0.1) is 0 Å². The molecule has 3 heterocycles. The second-order valence-corrected chi connectivity index (χ2v) is 12.8. The highest BCUT2D eigenvalue weighted by Gasteiger charge is 2.49. The van der Waals surface area contributed by atoms with E-state index in [0.717, 1.165) is 42.0 Å². The van der Waals surface area contributed by atoms with Gasteiger partial charge in [0, 0.05) is 36.0 Å². The summed E-state index contributed by atoms with van der Waals surface area (Å²) in [4.78, 5) is 2.21. The Labute approximate surface area is 233 Å². The highest BCUT2D eigenvalue weighted by atomic mass is 35.5. The van der Waals surface area contributed by atoms with Crippen molar-refractivity contribution >= 4 is 11.6 Å². The Balaban J connectivity index is 1.36. The zero-order chi connectivity index (χ0) is 26.9. The molecule has 6 atom stereocenters. The number of nitrogens with zero attached hydrogens (tertiary/aromatic N) is 1. The Bertz CT molecular complexity index is 1090. The molecule has 2 fully saturated rings. The van der Waals surface area contributed by atoms with Crippen LogP contribution in [0.5, 0.6) is 5.75 Å². The van der Waals surface area contributed by atoms with Crippen molar-refractivity contribution in [1.29, 1.82) is 0 Å². The lowest BCUT2D eigenvalue weighted by Gasteiger charge is -2.50. The third-order valence-corrected chi connectivity index (χ3v) is 8.85. The smallest absolute Gasteiger partial charge is 0.125 e. The van der Waals surface area contributed by atoms with E-state index in [4.69, 9.17) is 25.8 Å². The number of fused-ring (bicyclic) bond motifs is 3. The summed E-state index contributed by atoms with van der Waals surface area (Å²) in [6.07, 6.45) is 6.10. The third-order valence-electron chi connectivity index (χ3n) is 8.61. The molecule has 3 aliphatic rings. The van der Waals surface area contributed by atoms with Gasteiger partial charge >= 0.3 is 0 Å². The molecule has 0 unspecified atom stereocenters. The molecule has 6 heteroatoms. The number of hydrogen-bond donors (Lipinski definition) is 1. The normalized spacial score (nSPS) is 31.5. The summed E-state index contributed by atoms with van der Waals surface area (Å²) < 4.78 is 19.6. The highest BCUT2D eigenvalue weighted by molar-refractivity contribution is 6.30. The fourth-order valence-corrected chi connectivity index (χ4v) is 6.77. The average molecular weight is 542 g/mol. The molecule has 38 heavy (non-hydrogen) atoms. The largest absolute Gasteiger partial charge is 0.487 e. The fourth-order valence-electron chi connectivity index (χ4n) is 6.55. The monoisotopic (exact) mass is 541 g/mol. The molecule has 0 bridgehead atoms. The van der Waals surface area contributed by atoms with Crippen LogP contribution in [0.2, 0.25) is 5.02 Å². The van der Waals surface area contributed by atoms with Crippen LogP contribution < -0.4 is 4.74 Å². The second-order valence-electron chi connectivity index (χ2n) is 12.3. The lowest BCUT2D eigenvalue weighted by atomic mass is 9.72. The van der Waals surface area contributed by atoms with Crippen LogP contribution in [0.1, 0.15) is 82.6 Å². The van der Waals surface area contributed by atoms with E-state index in [1.807, 2.05) is 18.2 Å². The van der Waals surface area contributed by atoms with Crippen molar-refractivity contribution < 1.29 is 19.3 Å². The molecule has 1 N–H and O–H groups in total. The van der Waals surface area contributed by atoms with Crippen LogP contribution in [0.3, 0.4) is 0 Å². The molecule has 0 radical (unpaired) electrons. The molecule has 0 amide bonds. The topological polar surface area (TPSA) is 51.2 Å². The number of benzene rings is 2. The molecule has 2 aromatic carbocycles. The number of hydrogen-bond acceptors (Lipinski definition) is 5. The van der Waals surface area contributed by atoms with Gasteiger partial charge in [-0.1, -0.05) is 50.1 Å². The third kappa shape index (κ3) is 6.39. The van der Waals surface area contributed by atoms with E-state index in [9.17, 15) is 5.11 Å². The van der Waals surface area contributed by atoms with Crippen LogP contribution in [0.15, 0.2) is 42.5 Å². The van der Waals surface area contributed by atoms with Gasteiger partial charge in [-0.05, 0) is 80.8 Å². The minimum absolute atomic E-state index is 0.0585. The lowest BCUT2D eigenvalue weighted by molar-refractivity contribution is -0.153. The Hall–Kier alpha value is -1.63. The van der Waals surface area contributed by atoms with Crippen molar-refractivity contribution in [2.24, 2.45) is 11.8 Å². The van der Waals surface area contributed by atoms with Gasteiger partial charge in [0.15, 0.2) is 0 Å².